The van der Waals surface area contributed by atoms with Crippen molar-refractivity contribution < 1.29 is 18.0 Å². The molecule has 0 fully saturated rings. The van der Waals surface area contributed by atoms with Gasteiger partial charge >= 0.3 is 0 Å². The fraction of sp³-hybridized carbons (Fsp3) is 0.440. The molecular formula is C25H33Cl2N3O4S. The summed E-state index contributed by atoms with van der Waals surface area (Å²) < 4.78 is 26.0. The molecule has 2 aromatic carbocycles. The minimum absolute atomic E-state index is 0.0492. The lowest BCUT2D eigenvalue weighted by Gasteiger charge is -2.29. The summed E-state index contributed by atoms with van der Waals surface area (Å²) in [4.78, 5) is 27.4. The number of benzene rings is 2. The molecule has 2 rings (SSSR count). The first kappa shape index (κ1) is 28.9. The van der Waals surface area contributed by atoms with Crippen molar-refractivity contribution >= 4 is 50.7 Å². The minimum atomic E-state index is -3.66. The lowest BCUT2D eigenvalue weighted by Crippen LogP contribution is -2.49. The zero-order valence-corrected chi connectivity index (χ0v) is 22.7. The summed E-state index contributed by atoms with van der Waals surface area (Å²) in [6.45, 7) is 4.63. The van der Waals surface area contributed by atoms with Crippen LogP contribution < -0.4 is 9.62 Å². The molecule has 0 saturated carbocycles. The number of anilines is 1. The Morgan fingerprint density at radius 2 is 1.74 bits per heavy atom. The van der Waals surface area contributed by atoms with Crippen LogP contribution in [0.1, 0.15) is 38.7 Å². The van der Waals surface area contributed by atoms with Crippen molar-refractivity contribution in [2.45, 2.75) is 45.6 Å². The van der Waals surface area contributed by atoms with Gasteiger partial charge in [-0.2, -0.15) is 0 Å². The lowest BCUT2D eigenvalue weighted by molar-refractivity contribution is -0.139. The van der Waals surface area contributed by atoms with Crippen LogP contribution in [0.2, 0.25) is 10.0 Å². The molecule has 0 aromatic heterocycles. The van der Waals surface area contributed by atoms with Gasteiger partial charge in [-0.3, -0.25) is 13.9 Å². The summed E-state index contributed by atoms with van der Waals surface area (Å²) in [5.74, 6) is -0.428. The number of carbonyl (C=O) groups is 2. The molecule has 35 heavy (non-hydrogen) atoms. The minimum Gasteiger partial charge on any atom is -0.354 e. The molecule has 0 saturated heterocycles. The van der Waals surface area contributed by atoms with Crippen molar-refractivity contribution in [1.82, 2.24) is 10.2 Å². The summed E-state index contributed by atoms with van der Waals surface area (Å²) in [7, 11) is -3.66. The van der Waals surface area contributed by atoms with Crippen LogP contribution in [0.3, 0.4) is 0 Å². The highest BCUT2D eigenvalue weighted by Crippen LogP contribution is 2.31. The van der Waals surface area contributed by atoms with E-state index in [4.69, 9.17) is 23.2 Å². The third-order valence-electron chi connectivity index (χ3n) is 5.53. The highest BCUT2D eigenvalue weighted by Gasteiger charge is 2.26. The summed E-state index contributed by atoms with van der Waals surface area (Å²) in [5.41, 5.74) is 1.33. The molecule has 2 aromatic rings. The first-order valence-corrected chi connectivity index (χ1v) is 14.2. The molecule has 0 aliphatic carbocycles. The first-order chi connectivity index (χ1) is 16.5. The first-order valence-electron chi connectivity index (χ1n) is 11.6. The van der Waals surface area contributed by atoms with E-state index in [0.29, 0.717) is 24.5 Å². The maximum Gasteiger partial charge on any atom is 0.242 e. The Balaban J connectivity index is 2.13. The van der Waals surface area contributed by atoms with Crippen molar-refractivity contribution in [2.24, 2.45) is 0 Å². The Kier molecular flexibility index (Phi) is 11.3. The number of nitrogens with one attached hydrogen (secondary N) is 1. The van der Waals surface area contributed by atoms with Gasteiger partial charge in [-0.1, -0.05) is 60.5 Å². The predicted molar refractivity (Wildman–Crippen MR) is 143 cm³/mol. The molecule has 192 valence electrons. The normalized spacial score (nSPS) is 12.1. The average Bonchev–Trinajstić information content (AvgIpc) is 2.81. The van der Waals surface area contributed by atoms with E-state index in [1.54, 1.807) is 17.9 Å². The number of carbonyl (C=O) groups excluding carboxylic acids is 2. The summed E-state index contributed by atoms with van der Waals surface area (Å²) in [6, 6.07) is 13.7. The quantitative estimate of drug-likeness (QED) is 0.403. The zero-order chi connectivity index (χ0) is 26.0. The molecule has 10 heteroatoms. The number of amides is 2. The molecule has 0 bridgehead atoms. The third kappa shape index (κ3) is 9.02. The van der Waals surface area contributed by atoms with Crippen molar-refractivity contribution in [3.8, 4) is 0 Å². The maximum atomic E-state index is 13.2. The van der Waals surface area contributed by atoms with Gasteiger partial charge in [0.1, 0.15) is 6.04 Å². The van der Waals surface area contributed by atoms with Crippen LogP contribution in [-0.4, -0.2) is 57.1 Å². The van der Waals surface area contributed by atoms with Crippen molar-refractivity contribution in [1.29, 1.82) is 0 Å². The SMILES string of the molecule is CCCNC(=O)C(C)N(CCc1ccccc1)C(=O)CCCN(c1cc(Cl)ccc1Cl)S(C)(=O)=O. The van der Waals surface area contributed by atoms with Crippen LogP contribution in [0.4, 0.5) is 5.69 Å². The fourth-order valence-electron chi connectivity index (χ4n) is 3.63. The van der Waals surface area contributed by atoms with Gasteiger partial charge in [0.25, 0.3) is 0 Å². The number of hydrogen-bond donors (Lipinski definition) is 1. The molecule has 0 radical (unpaired) electrons. The van der Waals surface area contributed by atoms with Gasteiger partial charge in [-0.15, -0.1) is 0 Å². The lowest BCUT2D eigenvalue weighted by atomic mass is 10.1. The maximum absolute atomic E-state index is 13.2. The van der Waals surface area contributed by atoms with Crippen molar-refractivity contribution in [3.63, 3.8) is 0 Å². The van der Waals surface area contributed by atoms with E-state index >= 15 is 0 Å². The Labute approximate surface area is 218 Å². The van der Waals surface area contributed by atoms with E-state index in [2.05, 4.69) is 5.32 Å². The monoisotopic (exact) mass is 541 g/mol. The molecule has 7 nitrogen and oxygen atoms in total. The number of rotatable bonds is 13. The third-order valence-corrected chi connectivity index (χ3v) is 7.26. The van der Waals surface area contributed by atoms with Crippen LogP contribution in [0.15, 0.2) is 48.5 Å². The van der Waals surface area contributed by atoms with Crippen LogP contribution in [0, 0.1) is 0 Å². The summed E-state index contributed by atoms with van der Waals surface area (Å²) >= 11 is 12.3. The molecule has 1 N–H and O–H groups in total. The van der Waals surface area contributed by atoms with E-state index < -0.39 is 16.1 Å². The standard InChI is InChI=1S/C25H33Cl2N3O4S/c1-4-15-28-25(32)19(2)29(17-14-20-9-6-5-7-10-20)24(31)11-8-16-30(35(3,33)34)23-18-21(26)12-13-22(23)27/h5-7,9-10,12-13,18-19H,4,8,11,14-17H2,1-3H3,(H,28,32). The van der Waals surface area contributed by atoms with Gasteiger partial charge in [0, 0.05) is 31.1 Å². The second-order valence-corrected chi connectivity index (χ2v) is 11.1. The van der Waals surface area contributed by atoms with Crippen LogP contribution in [0.5, 0.6) is 0 Å². The molecule has 2 amide bonds. The molecule has 0 heterocycles. The Morgan fingerprint density at radius 3 is 2.37 bits per heavy atom. The summed E-state index contributed by atoms with van der Waals surface area (Å²) in [6.07, 6.45) is 2.80. The average molecular weight is 543 g/mol. The van der Waals surface area contributed by atoms with Crippen LogP contribution in [0.25, 0.3) is 0 Å². The van der Waals surface area contributed by atoms with Crippen molar-refractivity contribution in [2.75, 3.05) is 30.2 Å². The van der Waals surface area contributed by atoms with Crippen LogP contribution in [-0.2, 0) is 26.0 Å². The number of hydrogen-bond acceptors (Lipinski definition) is 4. The smallest absolute Gasteiger partial charge is 0.242 e. The van der Waals surface area contributed by atoms with Gasteiger partial charge in [-0.25, -0.2) is 8.42 Å². The predicted octanol–water partition coefficient (Wildman–Crippen LogP) is 4.53. The Bertz CT molecular complexity index is 1100. The van der Waals surface area contributed by atoms with Crippen molar-refractivity contribution in [3.05, 3.63) is 64.1 Å². The van der Waals surface area contributed by atoms with Gasteiger partial charge in [-0.05, 0) is 49.9 Å². The molecular weight excluding hydrogens is 509 g/mol. The van der Waals surface area contributed by atoms with E-state index in [1.807, 2.05) is 37.3 Å². The topological polar surface area (TPSA) is 86.8 Å². The number of halogens is 2. The highest BCUT2D eigenvalue weighted by atomic mass is 35.5. The Morgan fingerprint density at radius 1 is 1.06 bits per heavy atom. The molecule has 0 aliphatic heterocycles. The van der Waals surface area contributed by atoms with Gasteiger partial charge < -0.3 is 10.2 Å². The fourth-order valence-corrected chi connectivity index (χ4v) is 5.03. The summed E-state index contributed by atoms with van der Waals surface area (Å²) in [5, 5.41) is 3.45. The highest BCUT2D eigenvalue weighted by molar-refractivity contribution is 7.92. The second-order valence-electron chi connectivity index (χ2n) is 8.32. The molecule has 1 unspecified atom stereocenters. The zero-order valence-electron chi connectivity index (χ0n) is 20.3. The van der Waals surface area contributed by atoms with E-state index in [0.717, 1.165) is 22.5 Å². The largest absolute Gasteiger partial charge is 0.354 e. The van der Waals surface area contributed by atoms with E-state index in [-0.39, 0.29) is 41.9 Å². The van der Waals surface area contributed by atoms with Crippen LogP contribution >= 0.6 is 23.2 Å². The molecule has 0 aliphatic rings. The van der Waals surface area contributed by atoms with E-state index in [1.165, 1.54) is 12.1 Å². The number of nitrogens with zero attached hydrogens (tertiary/aromatic N) is 2. The molecule has 1 atom stereocenters. The van der Waals surface area contributed by atoms with Gasteiger partial charge in [0.2, 0.25) is 21.8 Å². The Hall–Kier alpha value is -2.29. The van der Waals surface area contributed by atoms with Gasteiger partial charge in [0.15, 0.2) is 0 Å². The van der Waals surface area contributed by atoms with E-state index in [9.17, 15) is 18.0 Å². The second kappa shape index (κ2) is 13.7. The number of sulfonamides is 1. The molecule has 0 spiro atoms. The van der Waals surface area contributed by atoms with Gasteiger partial charge in [0.05, 0.1) is 17.0 Å².